The molecule has 0 bridgehead atoms. The molecule has 0 aliphatic carbocycles. The van der Waals surface area contributed by atoms with Gasteiger partial charge >= 0.3 is 0 Å². The van der Waals surface area contributed by atoms with Crippen molar-refractivity contribution < 1.29 is 23.1 Å². The minimum Gasteiger partial charge on any atom is -0.506 e. The average molecular weight is 428 g/mol. The number of hydrogen-bond acceptors (Lipinski definition) is 5. The van der Waals surface area contributed by atoms with Gasteiger partial charge in [-0.25, -0.2) is 8.42 Å². The van der Waals surface area contributed by atoms with Crippen LogP contribution in [0, 0.1) is 6.92 Å². The van der Waals surface area contributed by atoms with Gasteiger partial charge in [-0.1, -0.05) is 22.9 Å². The van der Waals surface area contributed by atoms with Crippen LogP contribution in [0.15, 0.2) is 45.8 Å². The molecule has 0 fully saturated rings. The third kappa shape index (κ3) is 4.96. The number of aromatic hydroxyl groups is 1. The van der Waals surface area contributed by atoms with Gasteiger partial charge in [0.15, 0.2) is 16.4 Å². The van der Waals surface area contributed by atoms with Crippen LogP contribution in [0.5, 0.6) is 11.5 Å². The van der Waals surface area contributed by atoms with E-state index in [0.29, 0.717) is 5.75 Å². The predicted molar refractivity (Wildman–Crippen MR) is 98.8 cm³/mol. The maximum atomic E-state index is 12.0. The molecule has 0 heterocycles. The number of rotatable bonds is 6. The van der Waals surface area contributed by atoms with Gasteiger partial charge < -0.3 is 15.2 Å². The summed E-state index contributed by atoms with van der Waals surface area (Å²) in [4.78, 5) is 12.0. The molecule has 25 heavy (non-hydrogen) atoms. The molecule has 6 nitrogen and oxygen atoms in total. The quantitative estimate of drug-likeness (QED) is 0.689. The number of aryl methyl sites for hydroxylation is 1. The van der Waals surface area contributed by atoms with E-state index >= 15 is 0 Å². The number of amides is 1. The molecule has 0 aromatic heterocycles. The molecule has 2 N–H and O–H groups in total. The van der Waals surface area contributed by atoms with E-state index in [0.717, 1.165) is 10.0 Å². The first kappa shape index (κ1) is 19.3. The van der Waals surface area contributed by atoms with E-state index < -0.39 is 15.7 Å². The Morgan fingerprint density at radius 3 is 2.60 bits per heavy atom. The summed E-state index contributed by atoms with van der Waals surface area (Å²) >= 11 is 3.38. The summed E-state index contributed by atoms with van der Waals surface area (Å²) in [5.74, 6) is -0.274. The largest absolute Gasteiger partial charge is 0.506 e. The van der Waals surface area contributed by atoms with Crippen molar-refractivity contribution in [2.24, 2.45) is 0 Å². The summed E-state index contributed by atoms with van der Waals surface area (Å²) in [5.41, 5.74) is 0.989. The summed E-state index contributed by atoms with van der Waals surface area (Å²) in [6, 6.07) is 9.07. The van der Waals surface area contributed by atoms with Crippen molar-refractivity contribution in [2.45, 2.75) is 18.7 Å². The summed E-state index contributed by atoms with van der Waals surface area (Å²) in [6.07, 6.45) is 0. The third-order valence-electron chi connectivity index (χ3n) is 3.48. The van der Waals surface area contributed by atoms with Gasteiger partial charge in [0.1, 0.15) is 11.5 Å². The first-order valence-electron chi connectivity index (χ1n) is 7.47. The zero-order chi connectivity index (χ0) is 18.6. The number of anilines is 1. The number of carbonyl (C=O) groups is 1. The minimum absolute atomic E-state index is 0.0233. The fraction of sp³-hybridized carbons (Fsp3) is 0.235. The van der Waals surface area contributed by atoms with Crippen molar-refractivity contribution in [2.75, 3.05) is 17.7 Å². The highest BCUT2D eigenvalue weighted by Gasteiger charge is 2.15. The van der Waals surface area contributed by atoms with E-state index in [9.17, 15) is 18.3 Å². The number of carbonyl (C=O) groups excluding carboxylic acids is 1. The van der Waals surface area contributed by atoms with E-state index in [2.05, 4.69) is 21.2 Å². The van der Waals surface area contributed by atoms with Crippen LogP contribution in [0.25, 0.3) is 0 Å². The summed E-state index contributed by atoms with van der Waals surface area (Å²) in [5, 5.41) is 12.3. The van der Waals surface area contributed by atoms with Gasteiger partial charge in [-0.05, 0) is 48.9 Å². The lowest BCUT2D eigenvalue weighted by Crippen LogP contribution is -2.20. The minimum atomic E-state index is -3.44. The number of benzene rings is 2. The predicted octanol–water partition coefficient (Wildman–Crippen LogP) is 3.27. The normalized spacial score (nSPS) is 11.2. The molecule has 0 aliphatic rings. The van der Waals surface area contributed by atoms with E-state index in [4.69, 9.17) is 4.74 Å². The van der Waals surface area contributed by atoms with Crippen LogP contribution < -0.4 is 10.1 Å². The molecule has 2 rings (SSSR count). The monoisotopic (exact) mass is 427 g/mol. The van der Waals surface area contributed by atoms with Crippen molar-refractivity contribution >= 4 is 37.4 Å². The molecule has 0 saturated heterocycles. The van der Waals surface area contributed by atoms with Crippen LogP contribution in [0.4, 0.5) is 5.69 Å². The Morgan fingerprint density at radius 1 is 1.24 bits per heavy atom. The summed E-state index contributed by atoms with van der Waals surface area (Å²) < 4.78 is 30.1. The molecule has 0 spiro atoms. The molecule has 134 valence electrons. The molecular formula is C17H18BrNO5S. The van der Waals surface area contributed by atoms with Crippen molar-refractivity contribution in [3.8, 4) is 11.5 Å². The lowest BCUT2D eigenvalue weighted by Gasteiger charge is -2.11. The maximum absolute atomic E-state index is 12.0. The molecule has 8 heteroatoms. The Labute approximate surface area is 154 Å². The second-order valence-electron chi connectivity index (χ2n) is 5.33. The highest BCUT2D eigenvalue weighted by molar-refractivity contribution is 9.10. The molecule has 0 aliphatic heterocycles. The van der Waals surface area contributed by atoms with E-state index in [-0.39, 0.29) is 28.7 Å². The van der Waals surface area contributed by atoms with Gasteiger partial charge in [-0.2, -0.15) is 0 Å². The number of nitrogens with one attached hydrogen (secondary N) is 1. The Morgan fingerprint density at radius 2 is 1.96 bits per heavy atom. The highest BCUT2D eigenvalue weighted by Crippen LogP contribution is 2.27. The third-order valence-corrected chi connectivity index (χ3v) is 6.10. The molecule has 0 saturated carbocycles. The van der Waals surface area contributed by atoms with E-state index in [1.54, 1.807) is 12.1 Å². The van der Waals surface area contributed by atoms with Gasteiger partial charge in [0.05, 0.1) is 16.3 Å². The second-order valence-corrected chi connectivity index (χ2v) is 8.46. The first-order valence-corrected chi connectivity index (χ1v) is 9.92. The molecule has 0 atom stereocenters. The molecule has 0 unspecified atom stereocenters. The second kappa shape index (κ2) is 7.88. The van der Waals surface area contributed by atoms with Crippen LogP contribution in [0.1, 0.15) is 12.5 Å². The number of ether oxygens (including phenoxy) is 1. The lowest BCUT2D eigenvalue weighted by atomic mass is 10.2. The van der Waals surface area contributed by atoms with E-state index in [1.165, 1.54) is 25.1 Å². The zero-order valence-corrected chi connectivity index (χ0v) is 16.1. The molecular weight excluding hydrogens is 410 g/mol. The Bertz CT molecular complexity index is 896. The standard InChI is InChI=1S/C17H18BrNO5S/c1-3-25(22,23)13-5-7-16(20)15(9-13)19-17(21)10-24-12-4-6-14(18)11(2)8-12/h4-9,20H,3,10H2,1-2H3,(H,19,21). The lowest BCUT2D eigenvalue weighted by molar-refractivity contribution is -0.118. The van der Waals surface area contributed by atoms with Crippen LogP contribution in [0.3, 0.4) is 0 Å². The SMILES string of the molecule is CCS(=O)(=O)c1ccc(O)c(NC(=O)COc2ccc(Br)c(C)c2)c1. The topological polar surface area (TPSA) is 92.7 Å². The summed E-state index contributed by atoms with van der Waals surface area (Å²) in [6.45, 7) is 3.15. The fourth-order valence-electron chi connectivity index (χ4n) is 2.02. The number of sulfone groups is 1. The number of phenols is 1. The van der Waals surface area contributed by atoms with Crippen molar-refractivity contribution in [1.82, 2.24) is 0 Å². The van der Waals surface area contributed by atoms with Crippen molar-refractivity contribution in [3.63, 3.8) is 0 Å². The Kier molecular flexibility index (Phi) is 6.07. The number of halogens is 1. The van der Waals surface area contributed by atoms with Crippen LogP contribution in [-0.2, 0) is 14.6 Å². The number of phenolic OH excluding ortho intramolecular Hbond substituents is 1. The smallest absolute Gasteiger partial charge is 0.262 e. The highest BCUT2D eigenvalue weighted by atomic mass is 79.9. The van der Waals surface area contributed by atoms with E-state index in [1.807, 2.05) is 13.0 Å². The Hall–Kier alpha value is -2.06. The molecule has 2 aromatic carbocycles. The number of hydrogen-bond donors (Lipinski definition) is 2. The van der Waals surface area contributed by atoms with Gasteiger partial charge in [0, 0.05) is 4.47 Å². The van der Waals surface area contributed by atoms with Gasteiger partial charge in [-0.3, -0.25) is 4.79 Å². The zero-order valence-electron chi connectivity index (χ0n) is 13.7. The van der Waals surface area contributed by atoms with Gasteiger partial charge in [0.2, 0.25) is 0 Å². The molecule has 0 radical (unpaired) electrons. The van der Waals surface area contributed by atoms with Gasteiger partial charge in [0.25, 0.3) is 5.91 Å². The fourth-order valence-corrected chi connectivity index (χ4v) is 3.17. The van der Waals surface area contributed by atoms with Crippen molar-refractivity contribution in [3.05, 3.63) is 46.4 Å². The summed E-state index contributed by atoms with van der Waals surface area (Å²) in [7, 11) is -3.44. The maximum Gasteiger partial charge on any atom is 0.262 e. The van der Waals surface area contributed by atoms with Gasteiger partial charge in [-0.15, -0.1) is 0 Å². The van der Waals surface area contributed by atoms with Crippen molar-refractivity contribution in [1.29, 1.82) is 0 Å². The Balaban J connectivity index is 2.07. The average Bonchev–Trinajstić information content (AvgIpc) is 2.57. The molecule has 1 amide bonds. The first-order chi connectivity index (χ1) is 11.7. The molecule has 2 aromatic rings. The van der Waals surface area contributed by atoms with Crippen LogP contribution in [-0.4, -0.2) is 31.8 Å². The van der Waals surface area contributed by atoms with Crippen LogP contribution >= 0.6 is 15.9 Å². The van der Waals surface area contributed by atoms with Crippen LogP contribution in [0.2, 0.25) is 0 Å².